The Morgan fingerprint density at radius 1 is 1.21 bits per heavy atom. The van der Waals surface area contributed by atoms with E-state index in [0.717, 1.165) is 0 Å². The maximum absolute atomic E-state index is 11.9. The Morgan fingerprint density at radius 2 is 1.89 bits per heavy atom. The molecule has 19 heavy (non-hydrogen) atoms. The van der Waals surface area contributed by atoms with E-state index in [0.29, 0.717) is 26.4 Å². The number of nitrogens with zero attached hydrogens (tertiary/aromatic N) is 1. The molecule has 0 aromatic heterocycles. The zero-order valence-electron chi connectivity index (χ0n) is 9.56. The number of carbonyl (C=O) groups is 1. The van der Waals surface area contributed by atoms with Gasteiger partial charge in [-0.15, -0.1) is 0 Å². The molecule has 3 nitrogen and oxygen atoms in total. The van der Waals surface area contributed by atoms with Crippen LogP contribution in [0.4, 0.5) is 0 Å². The van der Waals surface area contributed by atoms with Crippen LogP contribution in [-0.2, 0) is 0 Å². The van der Waals surface area contributed by atoms with Crippen LogP contribution < -0.4 is 4.74 Å². The minimum Gasteiger partial charge on any atom is -0.422 e. The van der Waals surface area contributed by atoms with Gasteiger partial charge in [-0.2, -0.15) is 5.26 Å². The monoisotopic (exact) mass is 335 g/mol. The molecule has 0 amide bonds. The molecule has 0 atom stereocenters. The van der Waals surface area contributed by atoms with Crippen LogP contribution in [0.25, 0.3) is 0 Å². The van der Waals surface area contributed by atoms with E-state index < -0.39 is 5.97 Å². The van der Waals surface area contributed by atoms with E-state index in [9.17, 15) is 4.79 Å². The van der Waals surface area contributed by atoms with Crippen molar-refractivity contribution in [2.24, 2.45) is 0 Å². The Hall–Kier alpha value is -1.83. The van der Waals surface area contributed by atoms with Crippen LogP contribution in [0.2, 0.25) is 5.02 Å². The molecule has 0 fully saturated rings. The summed E-state index contributed by atoms with van der Waals surface area (Å²) in [6, 6.07) is 13.1. The number of benzene rings is 2. The van der Waals surface area contributed by atoms with Gasteiger partial charge in [-0.05, 0) is 58.4 Å². The van der Waals surface area contributed by atoms with Crippen LogP contribution in [0.5, 0.6) is 5.75 Å². The SMILES string of the molecule is N#Cc1ccc(OC(=O)c2ccc(Cl)cc2)c(Br)c1. The van der Waals surface area contributed by atoms with Crippen molar-refractivity contribution < 1.29 is 9.53 Å². The third kappa shape index (κ3) is 3.34. The first-order valence-electron chi connectivity index (χ1n) is 5.27. The van der Waals surface area contributed by atoms with Gasteiger partial charge >= 0.3 is 5.97 Å². The van der Waals surface area contributed by atoms with Crippen LogP contribution in [0, 0.1) is 11.3 Å². The number of hydrogen-bond donors (Lipinski definition) is 0. The molecule has 0 saturated heterocycles. The quantitative estimate of drug-likeness (QED) is 0.610. The molecule has 0 bridgehead atoms. The average molecular weight is 337 g/mol. The fraction of sp³-hybridized carbons (Fsp3) is 0. The number of esters is 1. The molecular weight excluding hydrogens is 330 g/mol. The highest BCUT2D eigenvalue weighted by Gasteiger charge is 2.11. The molecule has 0 aliphatic rings. The van der Waals surface area contributed by atoms with E-state index in [2.05, 4.69) is 15.9 Å². The second kappa shape index (κ2) is 5.87. The number of carbonyl (C=O) groups excluding carboxylic acids is 1. The van der Waals surface area contributed by atoms with Crippen LogP contribution in [0.1, 0.15) is 15.9 Å². The average Bonchev–Trinajstić information content (AvgIpc) is 2.41. The van der Waals surface area contributed by atoms with Crippen molar-refractivity contribution in [3.63, 3.8) is 0 Å². The van der Waals surface area contributed by atoms with E-state index in [-0.39, 0.29) is 0 Å². The molecular formula is C14H7BrClNO2. The molecule has 94 valence electrons. The molecule has 2 aromatic rings. The summed E-state index contributed by atoms with van der Waals surface area (Å²) in [5.74, 6) is -0.124. The van der Waals surface area contributed by atoms with Crippen molar-refractivity contribution in [1.82, 2.24) is 0 Å². The van der Waals surface area contributed by atoms with Gasteiger partial charge in [0.15, 0.2) is 0 Å². The van der Waals surface area contributed by atoms with Crippen molar-refractivity contribution in [2.45, 2.75) is 0 Å². The van der Waals surface area contributed by atoms with Crippen molar-refractivity contribution in [3.8, 4) is 11.8 Å². The van der Waals surface area contributed by atoms with Gasteiger partial charge in [-0.1, -0.05) is 11.6 Å². The normalized spacial score (nSPS) is 9.74. The fourth-order valence-corrected chi connectivity index (χ4v) is 1.98. The Labute approximate surface area is 123 Å². The summed E-state index contributed by atoms with van der Waals surface area (Å²) in [6.45, 7) is 0. The number of ether oxygens (including phenoxy) is 1. The summed E-state index contributed by atoms with van der Waals surface area (Å²) in [5, 5.41) is 9.30. The van der Waals surface area contributed by atoms with Gasteiger partial charge in [0.1, 0.15) is 5.75 Å². The summed E-state index contributed by atoms with van der Waals surface area (Å²) in [6.07, 6.45) is 0. The van der Waals surface area contributed by atoms with Gasteiger partial charge in [-0.25, -0.2) is 4.79 Å². The third-order valence-corrected chi connectivity index (χ3v) is 3.22. The van der Waals surface area contributed by atoms with Crippen molar-refractivity contribution >= 4 is 33.5 Å². The fourth-order valence-electron chi connectivity index (χ4n) is 1.40. The highest BCUT2D eigenvalue weighted by atomic mass is 79.9. The van der Waals surface area contributed by atoms with E-state index in [1.165, 1.54) is 0 Å². The molecule has 2 aromatic carbocycles. The Bertz CT molecular complexity index is 662. The van der Waals surface area contributed by atoms with Crippen LogP contribution in [0.3, 0.4) is 0 Å². The lowest BCUT2D eigenvalue weighted by Crippen LogP contribution is -2.08. The summed E-state index contributed by atoms with van der Waals surface area (Å²) in [5.41, 5.74) is 0.888. The summed E-state index contributed by atoms with van der Waals surface area (Å²) >= 11 is 9.00. The molecule has 0 radical (unpaired) electrons. The molecule has 5 heteroatoms. The lowest BCUT2D eigenvalue weighted by molar-refractivity contribution is 0.0733. The standard InChI is InChI=1S/C14H7BrClNO2/c15-12-7-9(8-17)1-6-13(12)19-14(18)10-2-4-11(16)5-3-10/h1-7H. The van der Waals surface area contributed by atoms with Gasteiger partial charge in [0, 0.05) is 5.02 Å². The molecule has 0 saturated carbocycles. The highest BCUT2D eigenvalue weighted by molar-refractivity contribution is 9.10. The Kier molecular flexibility index (Phi) is 4.20. The second-order valence-electron chi connectivity index (χ2n) is 3.65. The van der Waals surface area contributed by atoms with Crippen molar-refractivity contribution in [1.29, 1.82) is 5.26 Å². The van der Waals surface area contributed by atoms with Crippen molar-refractivity contribution in [2.75, 3.05) is 0 Å². The first-order valence-corrected chi connectivity index (χ1v) is 6.44. The number of nitriles is 1. The number of hydrogen-bond acceptors (Lipinski definition) is 3. The van der Waals surface area contributed by atoms with Gasteiger partial charge in [0.05, 0.1) is 21.7 Å². The highest BCUT2D eigenvalue weighted by Crippen LogP contribution is 2.26. The Morgan fingerprint density at radius 3 is 2.47 bits per heavy atom. The molecule has 0 N–H and O–H groups in total. The minimum atomic E-state index is -0.484. The predicted molar refractivity (Wildman–Crippen MR) is 75.3 cm³/mol. The van der Waals surface area contributed by atoms with Crippen LogP contribution in [0.15, 0.2) is 46.9 Å². The van der Waals surface area contributed by atoms with Gasteiger partial charge < -0.3 is 4.74 Å². The first kappa shape index (κ1) is 13.6. The number of halogens is 2. The second-order valence-corrected chi connectivity index (χ2v) is 4.94. The molecule has 2 rings (SSSR count). The van der Waals surface area contributed by atoms with Gasteiger partial charge in [0.2, 0.25) is 0 Å². The molecule has 0 aliphatic heterocycles. The van der Waals surface area contributed by atoms with E-state index in [1.54, 1.807) is 42.5 Å². The zero-order valence-corrected chi connectivity index (χ0v) is 11.9. The largest absolute Gasteiger partial charge is 0.422 e. The topological polar surface area (TPSA) is 50.1 Å². The molecule has 0 unspecified atom stereocenters. The van der Waals surface area contributed by atoms with Crippen LogP contribution in [-0.4, -0.2) is 5.97 Å². The number of rotatable bonds is 2. The maximum Gasteiger partial charge on any atom is 0.343 e. The summed E-state index contributed by atoms with van der Waals surface area (Å²) in [7, 11) is 0. The van der Waals surface area contributed by atoms with Crippen LogP contribution >= 0.6 is 27.5 Å². The smallest absolute Gasteiger partial charge is 0.343 e. The first-order chi connectivity index (χ1) is 9.10. The van der Waals surface area contributed by atoms with Crippen molar-refractivity contribution in [3.05, 3.63) is 63.1 Å². The lowest BCUT2D eigenvalue weighted by atomic mass is 10.2. The van der Waals surface area contributed by atoms with E-state index >= 15 is 0 Å². The predicted octanol–water partition coefficient (Wildman–Crippen LogP) is 4.19. The molecule has 0 aliphatic carbocycles. The van der Waals surface area contributed by atoms with E-state index in [4.69, 9.17) is 21.6 Å². The zero-order chi connectivity index (χ0) is 13.8. The van der Waals surface area contributed by atoms with Gasteiger partial charge in [0.25, 0.3) is 0 Å². The molecule has 0 spiro atoms. The Balaban J connectivity index is 2.20. The molecule has 0 heterocycles. The van der Waals surface area contributed by atoms with E-state index in [1.807, 2.05) is 6.07 Å². The van der Waals surface area contributed by atoms with Gasteiger partial charge in [-0.3, -0.25) is 0 Å². The summed E-state index contributed by atoms with van der Waals surface area (Å²) in [4.78, 5) is 11.9. The third-order valence-electron chi connectivity index (χ3n) is 2.34. The lowest BCUT2D eigenvalue weighted by Gasteiger charge is -2.06. The maximum atomic E-state index is 11.9. The minimum absolute atomic E-state index is 0.360. The summed E-state index contributed by atoms with van der Waals surface area (Å²) < 4.78 is 5.78.